The molecule has 0 aliphatic rings. The highest BCUT2D eigenvalue weighted by Crippen LogP contribution is 2.28. The lowest BCUT2D eigenvalue weighted by molar-refractivity contribution is 0.410. The Morgan fingerprint density at radius 1 is 0.950 bits per heavy atom. The highest BCUT2D eigenvalue weighted by molar-refractivity contribution is 6.32. The summed E-state index contributed by atoms with van der Waals surface area (Å²) in [6.07, 6.45) is 0. The molecule has 0 bridgehead atoms. The lowest BCUT2D eigenvalue weighted by Gasteiger charge is -2.12. The average Bonchev–Trinajstić information content (AvgIpc) is 2.46. The van der Waals surface area contributed by atoms with E-state index in [-0.39, 0.29) is 0 Å². The lowest BCUT2D eigenvalue weighted by atomic mass is 10.2. The highest BCUT2D eigenvalue weighted by Gasteiger charge is 2.05. The minimum absolute atomic E-state index is 0.582. The zero-order chi connectivity index (χ0) is 14.5. The maximum atomic E-state index is 6.00. The van der Waals surface area contributed by atoms with E-state index in [4.69, 9.17) is 32.7 Å². The molecule has 0 amide bonds. The second-order valence-electron chi connectivity index (χ2n) is 4.16. The summed E-state index contributed by atoms with van der Waals surface area (Å²) < 4.78 is 10.5. The maximum absolute atomic E-state index is 6.00. The average molecular weight is 312 g/mol. The minimum Gasteiger partial charge on any atom is -0.496 e. The van der Waals surface area contributed by atoms with Crippen molar-refractivity contribution in [1.29, 1.82) is 0 Å². The van der Waals surface area contributed by atoms with Crippen molar-refractivity contribution >= 4 is 28.9 Å². The molecule has 1 N–H and O–H groups in total. The van der Waals surface area contributed by atoms with E-state index < -0.39 is 0 Å². The summed E-state index contributed by atoms with van der Waals surface area (Å²) in [5.41, 5.74) is 1.89. The molecule has 0 unspecified atom stereocenters. The number of rotatable bonds is 5. The first-order valence-corrected chi connectivity index (χ1v) is 6.79. The van der Waals surface area contributed by atoms with Crippen molar-refractivity contribution in [1.82, 2.24) is 0 Å². The van der Waals surface area contributed by atoms with Gasteiger partial charge in [-0.1, -0.05) is 23.2 Å². The molecule has 2 rings (SSSR count). The van der Waals surface area contributed by atoms with Crippen molar-refractivity contribution < 1.29 is 9.47 Å². The Labute approximate surface area is 128 Å². The Bertz CT molecular complexity index is 602. The monoisotopic (exact) mass is 311 g/mol. The van der Waals surface area contributed by atoms with Gasteiger partial charge in [-0.3, -0.25) is 0 Å². The van der Waals surface area contributed by atoms with Crippen LogP contribution in [-0.4, -0.2) is 14.2 Å². The summed E-state index contributed by atoms with van der Waals surface area (Å²) >= 11 is 12.0. The molecule has 0 saturated carbocycles. The first-order valence-electron chi connectivity index (χ1n) is 6.04. The lowest BCUT2D eigenvalue weighted by Crippen LogP contribution is -2.02. The van der Waals surface area contributed by atoms with Crippen LogP contribution < -0.4 is 14.8 Å². The Morgan fingerprint density at radius 3 is 2.40 bits per heavy atom. The largest absolute Gasteiger partial charge is 0.496 e. The first-order chi connectivity index (χ1) is 9.63. The molecular weight excluding hydrogens is 297 g/mol. The van der Waals surface area contributed by atoms with E-state index in [9.17, 15) is 0 Å². The topological polar surface area (TPSA) is 30.5 Å². The summed E-state index contributed by atoms with van der Waals surface area (Å²) in [6.45, 7) is 0.592. The van der Waals surface area contributed by atoms with Crippen molar-refractivity contribution in [2.75, 3.05) is 19.5 Å². The van der Waals surface area contributed by atoms with Gasteiger partial charge in [0.05, 0.1) is 19.2 Å². The molecule has 2 aromatic rings. The van der Waals surface area contributed by atoms with Gasteiger partial charge in [0.1, 0.15) is 11.5 Å². The van der Waals surface area contributed by atoms with Crippen LogP contribution in [0.1, 0.15) is 5.56 Å². The molecule has 0 heterocycles. The van der Waals surface area contributed by atoms with Crippen LogP contribution >= 0.6 is 23.2 Å². The second-order valence-corrected chi connectivity index (χ2v) is 5.00. The smallest absolute Gasteiger partial charge is 0.139 e. The van der Waals surface area contributed by atoms with Gasteiger partial charge in [0.25, 0.3) is 0 Å². The highest BCUT2D eigenvalue weighted by atomic mass is 35.5. The van der Waals surface area contributed by atoms with E-state index in [2.05, 4.69) is 5.32 Å². The molecule has 0 aliphatic heterocycles. The summed E-state index contributed by atoms with van der Waals surface area (Å²) in [6, 6.07) is 11.1. The van der Waals surface area contributed by atoms with Gasteiger partial charge in [-0.2, -0.15) is 0 Å². The third kappa shape index (κ3) is 3.50. The number of anilines is 1. The molecule has 106 valence electrons. The van der Waals surface area contributed by atoms with E-state index in [0.29, 0.717) is 22.3 Å². The van der Waals surface area contributed by atoms with Crippen molar-refractivity contribution in [3.05, 3.63) is 52.0 Å². The maximum Gasteiger partial charge on any atom is 0.139 e. The Hall–Kier alpha value is -1.58. The van der Waals surface area contributed by atoms with Gasteiger partial charge in [-0.15, -0.1) is 0 Å². The van der Waals surface area contributed by atoms with Gasteiger partial charge in [0.2, 0.25) is 0 Å². The van der Waals surface area contributed by atoms with Crippen LogP contribution in [0.5, 0.6) is 11.5 Å². The standard InChI is InChI=1S/C15H15Cl2NO2/c1-19-14-6-3-11(16)7-10(14)9-18-12-4-5-13(17)15(8-12)20-2/h3-8,18H,9H2,1-2H3. The van der Waals surface area contributed by atoms with Crippen LogP contribution in [0.15, 0.2) is 36.4 Å². The van der Waals surface area contributed by atoms with Crippen LogP contribution in [0.3, 0.4) is 0 Å². The van der Waals surface area contributed by atoms with Crippen molar-refractivity contribution in [2.24, 2.45) is 0 Å². The van der Waals surface area contributed by atoms with Gasteiger partial charge in [0, 0.05) is 28.9 Å². The SMILES string of the molecule is COc1cc(NCc2cc(Cl)ccc2OC)ccc1Cl. The summed E-state index contributed by atoms with van der Waals surface area (Å²) in [4.78, 5) is 0. The normalized spacial score (nSPS) is 10.2. The third-order valence-corrected chi connectivity index (χ3v) is 3.42. The Balaban J connectivity index is 2.14. The molecule has 0 atom stereocenters. The van der Waals surface area contributed by atoms with Crippen molar-refractivity contribution in [3.8, 4) is 11.5 Å². The predicted octanol–water partition coefficient (Wildman–Crippen LogP) is 4.62. The molecule has 0 aromatic heterocycles. The van der Waals surface area contributed by atoms with Gasteiger partial charge in [-0.25, -0.2) is 0 Å². The fraction of sp³-hybridized carbons (Fsp3) is 0.200. The molecule has 0 spiro atoms. The molecule has 0 fully saturated rings. The second kappa shape index (κ2) is 6.73. The number of hydrogen-bond donors (Lipinski definition) is 1. The summed E-state index contributed by atoms with van der Waals surface area (Å²) in [5.74, 6) is 1.43. The number of benzene rings is 2. The van der Waals surface area contributed by atoms with Gasteiger partial charge >= 0.3 is 0 Å². The van der Waals surface area contributed by atoms with E-state index in [1.165, 1.54) is 0 Å². The van der Waals surface area contributed by atoms with E-state index in [1.807, 2.05) is 24.3 Å². The van der Waals surface area contributed by atoms with Gasteiger partial charge < -0.3 is 14.8 Å². The van der Waals surface area contributed by atoms with Gasteiger partial charge in [-0.05, 0) is 30.3 Å². The van der Waals surface area contributed by atoms with E-state index in [1.54, 1.807) is 26.4 Å². The molecule has 3 nitrogen and oxygen atoms in total. The number of methoxy groups -OCH3 is 2. The predicted molar refractivity (Wildman–Crippen MR) is 83.3 cm³/mol. The molecule has 5 heteroatoms. The zero-order valence-corrected chi connectivity index (χ0v) is 12.8. The fourth-order valence-corrected chi connectivity index (χ4v) is 2.24. The van der Waals surface area contributed by atoms with Crippen LogP contribution in [0, 0.1) is 0 Å². The first kappa shape index (κ1) is 14.8. The molecule has 20 heavy (non-hydrogen) atoms. The summed E-state index contributed by atoms with van der Waals surface area (Å²) in [5, 5.41) is 4.55. The van der Waals surface area contributed by atoms with E-state index >= 15 is 0 Å². The Morgan fingerprint density at radius 2 is 1.70 bits per heavy atom. The van der Waals surface area contributed by atoms with Crippen LogP contribution in [0.4, 0.5) is 5.69 Å². The van der Waals surface area contributed by atoms with Gasteiger partial charge in [0.15, 0.2) is 0 Å². The fourth-order valence-electron chi connectivity index (χ4n) is 1.85. The molecular formula is C15H15Cl2NO2. The summed E-state index contributed by atoms with van der Waals surface area (Å²) in [7, 11) is 3.23. The third-order valence-electron chi connectivity index (χ3n) is 2.88. The Kier molecular flexibility index (Phi) is 4.99. The molecule has 0 radical (unpaired) electrons. The zero-order valence-electron chi connectivity index (χ0n) is 11.2. The number of halogens is 2. The minimum atomic E-state index is 0.582. The number of hydrogen-bond acceptors (Lipinski definition) is 3. The molecule has 0 aliphatic carbocycles. The molecule has 0 saturated heterocycles. The number of nitrogens with one attached hydrogen (secondary N) is 1. The van der Waals surface area contributed by atoms with Crippen LogP contribution in [-0.2, 0) is 6.54 Å². The van der Waals surface area contributed by atoms with Crippen molar-refractivity contribution in [2.45, 2.75) is 6.54 Å². The van der Waals surface area contributed by atoms with Crippen LogP contribution in [0.2, 0.25) is 10.0 Å². The molecule has 2 aromatic carbocycles. The number of ether oxygens (including phenoxy) is 2. The van der Waals surface area contributed by atoms with Crippen molar-refractivity contribution in [3.63, 3.8) is 0 Å². The van der Waals surface area contributed by atoms with Crippen LogP contribution in [0.25, 0.3) is 0 Å². The quantitative estimate of drug-likeness (QED) is 0.873. The van der Waals surface area contributed by atoms with E-state index in [0.717, 1.165) is 17.0 Å².